The van der Waals surface area contributed by atoms with Crippen molar-refractivity contribution in [2.24, 2.45) is 11.3 Å². The number of nitrogens with one attached hydrogen (secondary N) is 4. The van der Waals surface area contributed by atoms with Crippen molar-refractivity contribution in [3.8, 4) is 12.3 Å². The first-order valence-corrected chi connectivity index (χ1v) is 25.4. The maximum Gasteiger partial charge on any atom is 0.245 e. The Morgan fingerprint density at radius 2 is 1.63 bits per heavy atom. The van der Waals surface area contributed by atoms with Crippen LogP contribution in [0.2, 0.25) is 10.0 Å². The summed E-state index contributed by atoms with van der Waals surface area (Å²) in [6.45, 7) is 13.3. The van der Waals surface area contributed by atoms with E-state index >= 15 is 0 Å². The Balaban J connectivity index is 1.70. The van der Waals surface area contributed by atoms with Crippen LogP contribution in [0.15, 0.2) is 18.2 Å². The average molecular weight is 988 g/mol. The van der Waals surface area contributed by atoms with Gasteiger partial charge in [-0.1, -0.05) is 63.2 Å². The molecule has 0 unspecified atom stereocenters. The number of amides is 7. The fraction of sp³-hybridized carbons (Fsp3) is 0.700. The van der Waals surface area contributed by atoms with Crippen LogP contribution in [-0.2, 0) is 44.7 Å². The number of carbonyl (C=O) groups is 7. The van der Waals surface area contributed by atoms with Gasteiger partial charge in [0, 0.05) is 56.7 Å². The molecule has 378 valence electrons. The molecule has 1 aromatic carbocycles. The number of terminal acetylenes is 1. The number of halogens is 2. The summed E-state index contributed by atoms with van der Waals surface area (Å²) in [5, 5.41) is 12.4. The molecule has 0 radical (unpaired) electrons. The lowest BCUT2D eigenvalue weighted by molar-refractivity contribution is -0.147. The van der Waals surface area contributed by atoms with E-state index in [0.717, 1.165) is 26.1 Å². The molecule has 2 saturated heterocycles. The van der Waals surface area contributed by atoms with E-state index in [1.165, 1.54) is 16.8 Å². The molecule has 2 heterocycles. The molecule has 68 heavy (non-hydrogen) atoms. The van der Waals surface area contributed by atoms with Gasteiger partial charge in [-0.15, -0.1) is 6.42 Å². The van der Waals surface area contributed by atoms with Gasteiger partial charge in [0.05, 0.1) is 13.2 Å². The number of ether oxygens (including phenoxy) is 1. The van der Waals surface area contributed by atoms with Crippen molar-refractivity contribution in [3.63, 3.8) is 0 Å². The molecule has 0 bridgehead atoms. The Morgan fingerprint density at radius 1 is 0.941 bits per heavy atom. The van der Waals surface area contributed by atoms with Crippen LogP contribution in [0.25, 0.3) is 0 Å². The number of morpholine rings is 1. The second-order valence-electron chi connectivity index (χ2n) is 19.0. The standard InChI is InChI=1S/C50H76Cl2N8O8/c1-9-17-38-46(64)57(7)24-15-14-19-41(44(62)55-40(30-33(5)6)48(66)60(12-4)42(45(63)54-38)32-34-31-35(51)20-21-36(34)52)58(8)47(65)39(18-13-16-25-59-26-28-68-29-27-59)53-43(61)37(10-2)56-49(67)50(11-3)22-23-50/h3,20-21,31,33,37-42H,9-10,12-19,22-30,32H2,1-2,4-8H3,(H,53,61)(H,54,63)(H,55,62)(H,56,67)/t37-,38+,39-,40-,41-,42-/m0/s1. The van der Waals surface area contributed by atoms with Gasteiger partial charge in [-0.2, -0.15) is 0 Å². The highest BCUT2D eigenvalue weighted by molar-refractivity contribution is 6.33. The molecule has 1 saturated carbocycles. The van der Waals surface area contributed by atoms with Gasteiger partial charge in [0.15, 0.2) is 0 Å². The summed E-state index contributed by atoms with van der Waals surface area (Å²) in [4.78, 5) is 107. The van der Waals surface area contributed by atoms with Crippen LogP contribution in [0.5, 0.6) is 0 Å². The van der Waals surface area contributed by atoms with Crippen molar-refractivity contribution >= 4 is 64.6 Å². The molecule has 3 fully saturated rings. The highest BCUT2D eigenvalue weighted by Gasteiger charge is 2.49. The van der Waals surface area contributed by atoms with E-state index in [4.69, 9.17) is 34.4 Å². The van der Waals surface area contributed by atoms with Crippen LogP contribution in [0, 0.1) is 23.7 Å². The summed E-state index contributed by atoms with van der Waals surface area (Å²) < 4.78 is 5.50. The predicted molar refractivity (Wildman–Crippen MR) is 263 cm³/mol. The lowest BCUT2D eigenvalue weighted by atomic mass is 9.97. The molecule has 7 amide bonds. The minimum Gasteiger partial charge on any atom is -0.379 e. The number of hydrogen-bond acceptors (Lipinski definition) is 9. The van der Waals surface area contributed by atoms with E-state index in [1.54, 1.807) is 44.0 Å². The predicted octanol–water partition coefficient (Wildman–Crippen LogP) is 4.33. The van der Waals surface area contributed by atoms with E-state index in [9.17, 15) is 33.6 Å². The van der Waals surface area contributed by atoms with Gasteiger partial charge in [-0.3, -0.25) is 38.5 Å². The smallest absolute Gasteiger partial charge is 0.245 e. The SMILES string of the molecule is C#CC1(C(=O)N[C@@H](CC)C(=O)N[C@@H](CCCCN2CCOCC2)C(=O)N(C)[C@H]2CCCCN(C)C(=O)[C@@H](CCC)NC(=O)[C@H](Cc3cc(Cl)ccc3Cl)N(CC)C(=O)[C@H](CC(C)C)NC2=O)CC1. The Hall–Kier alpha value is -4.43. The second kappa shape index (κ2) is 27.1. The van der Waals surface area contributed by atoms with Gasteiger partial charge in [0.25, 0.3) is 0 Å². The van der Waals surface area contributed by atoms with E-state index < -0.39 is 77.1 Å². The van der Waals surface area contributed by atoms with Crippen LogP contribution in [-0.4, -0.2) is 157 Å². The van der Waals surface area contributed by atoms with Gasteiger partial charge in [0.1, 0.15) is 41.7 Å². The zero-order valence-electron chi connectivity index (χ0n) is 41.3. The first kappa shape index (κ1) is 56.2. The number of rotatable bonds is 19. The fourth-order valence-corrected chi connectivity index (χ4v) is 9.36. The molecule has 3 aliphatic rings. The molecule has 0 aromatic heterocycles. The van der Waals surface area contributed by atoms with Gasteiger partial charge in [0.2, 0.25) is 41.4 Å². The maximum atomic E-state index is 14.9. The molecule has 18 heteroatoms. The molecule has 0 spiro atoms. The van der Waals surface area contributed by atoms with Gasteiger partial charge in [-0.25, -0.2) is 0 Å². The largest absolute Gasteiger partial charge is 0.379 e. The third kappa shape index (κ3) is 15.8. The van der Waals surface area contributed by atoms with Crippen molar-refractivity contribution in [2.75, 3.05) is 60.0 Å². The monoisotopic (exact) mass is 987 g/mol. The fourth-order valence-electron chi connectivity index (χ4n) is 8.97. The Bertz CT molecular complexity index is 1950. The van der Waals surface area contributed by atoms with E-state index in [0.29, 0.717) is 80.3 Å². The summed E-state index contributed by atoms with van der Waals surface area (Å²) in [6, 6.07) is -1.33. The van der Waals surface area contributed by atoms with Crippen LogP contribution >= 0.6 is 23.2 Å². The third-order valence-corrected chi connectivity index (χ3v) is 14.0. The molecule has 16 nitrogen and oxygen atoms in total. The lowest BCUT2D eigenvalue weighted by Crippen LogP contribution is -2.61. The van der Waals surface area contributed by atoms with E-state index in [2.05, 4.69) is 32.1 Å². The highest BCUT2D eigenvalue weighted by Crippen LogP contribution is 2.45. The zero-order valence-corrected chi connectivity index (χ0v) is 42.8. The lowest BCUT2D eigenvalue weighted by Gasteiger charge is -2.37. The van der Waals surface area contributed by atoms with Gasteiger partial charge in [-0.05, 0) is 114 Å². The second-order valence-corrected chi connectivity index (χ2v) is 19.9. The number of likely N-dealkylation sites (N-methyl/N-ethyl adjacent to an activating group) is 3. The molecule has 1 aliphatic carbocycles. The van der Waals surface area contributed by atoms with Gasteiger partial charge < -0.3 is 40.7 Å². The highest BCUT2D eigenvalue weighted by atomic mass is 35.5. The average Bonchev–Trinajstić information content (AvgIpc) is 4.13. The van der Waals surface area contributed by atoms with Crippen molar-refractivity contribution in [3.05, 3.63) is 33.8 Å². The minimum atomic E-state index is -1.15. The number of hydrogen-bond donors (Lipinski definition) is 4. The normalized spacial score (nSPS) is 23.0. The van der Waals surface area contributed by atoms with Crippen molar-refractivity contribution in [2.45, 2.75) is 154 Å². The van der Waals surface area contributed by atoms with Crippen LogP contribution < -0.4 is 21.3 Å². The molecular formula is C50H76Cl2N8O8. The van der Waals surface area contributed by atoms with Crippen molar-refractivity contribution in [1.29, 1.82) is 0 Å². The van der Waals surface area contributed by atoms with Crippen LogP contribution in [0.4, 0.5) is 0 Å². The first-order valence-electron chi connectivity index (χ1n) is 24.7. The van der Waals surface area contributed by atoms with Gasteiger partial charge >= 0.3 is 0 Å². The van der Waals surface area contributed by atoms with E-state index in [-0.39, 0.29) is 50.5 Å². The Kier molecular flexibility index (Phi) is 22.4. The quantitative estimate of drug-likeness (QED) is 0.116. The molecule has 6 atom stereocenters. The van der Waals surface area contributed by atoms with Crippen LogP contribution in [0.1, 0.15) is 117 Å². The van der Waals surface area contributed by atoms with Crippen molar-refractivity contribution in [1.82, 2.24) is 40.9 Å². The first-order chi connectivity index (χ1) is 32.4. The Morgan fingerprint density at radius 3 is 2.25 bits per heavy atom. The number of nitrogens with zero attached hydrogens (tertiary/aromatic N) is 4. The topological polar surface area (TPSA) is 190 Å². The third-order valence-electron chi connectivity index (χ3n) is 13.4. The van der Waals surface area contributed by atoms with E-state index in [1.807, 2.05) is 20.8 Å². The number of benzene rings is 1. The van der Waals surface area contributed by atoms with Crippen molar-refractivity contribution < 1.29 is 38.3 Å². The molecular weight excluding hydrogens is 912 g/mol. The molecule has 4 rings (SSSR count). The van der Waals surface area contributed by atoms with Crippen LogP contribution in [0.3, 0.4) is 0 Å². The summed E-state index contributed by atoms with van der Waals surface area (Å²) in [7, 11) is 3.19. The zero-order chi connectivity index (χ0) is 50.1. The molecule has 1 aromatic rings. The number of carbonyl (C=O) groups excluding carboxylic acids is 7. The summed E-state index contributed by atoms with van der Waals surface area (Å²) in [5.41, 5.74) is -0.408. The minimum absolute atomic E-state index is 0.0250. The molecule has 4 N–H and O–H groups in total. The summed E-state index contributed by atoms with van der Waals surface area (Å²) >= 11 is 13.0. The number of unbranched alkanes of at least 4 members (excludes halogenated alkanes) is 1. The maximum absolute atomic E-state index is 14.9. The molecule has 2 aliphatic heterocycles. The summed E-state index contributed by atoms with van der Waals surface area (Å²) in [5.74, 6) is -0.884. The summed E-state index contributed by atoms with van der Waals surface area (Å²) in [6.07, 6.45) is 10.8. The Labute approximate surface area is 414 Å².